The Hall–Kier alpha value is -1.44. The van der Waals surface area contributed by atoms with Crippen LogP contribution in [0.25, 0.3) is 22.3 Å². The maximum Gasteiger partial charge on any atom is -0.0253 e. The van der Waals surface area contributed by atoms with Gasteiger partial charge in [-0.25, -0.2) is 0 Å². The molecule has 0 spiro atoms. The number of hydrogen-bond donors (Lipinski definition) is 0. The molecule has 0 saturated heterocycles. The van der Waals surface area contributed by atoms with Crippen LogP contribution in [-0.4, -0.2) is 9.52 Å². The summed E-state index contributed by atoms with van der Waals surface area (Å²) in [6.07, 6.45) is 4.92. The first-order valence-corrected chi connectivity index (χ1v) is 20.4. The largest absolute Gasteiger partial charge is 0.179 e. The van der Waals surface area contributed by atoms with Gasteiger partial charge in [-0.15, -0.1) is 11.1 Å². The first-order valence-electron chi connectivity index (χ1n) is 12.1. The summed E-state index contributed by atoms with van der Waals surface area (Å²) in [5.74, 6) is 0. The zero-order valence-electron chi connectivity index (χ0n) is 20.5. The van der Waals surface area contributed by atoms with E-state index in [2.05, 4.69) is 98.4 Å². The van der Waals surface area contributed by atoms with Crippen LogP contribution in [0.15, 0.2) is 84.9 Å². The SMILES string of the molecule is CCCC[SiH]C.[Cl][Zr+2][Cl].[c-]1cccc2c1Cc1ccccc1-2.[c-]1cccc2c1Cc1ccccc1-2. The van der Waals surface area contributed by atoms with E-state index in [-0.39, 0.29) is 0 Å². The number of benzene rings is 4. The van der Waals surface area contributed by atoms with E-state index in [0.29, 0.717) is 0 Å². The molecule has 0 heterocycles. The minimum atomic E-state index is -0.826. The van der Waals surface area contributed by atoms with Gasteiger partial charge in [0.25, 0.3) is 0 Å². The summed E-state index contributed by atoms with van der Waals surface area (Å²) in [6.45, 7) is 4.56. The Bertz CT molecular complexity index is 1010. The predicted octanol–water partition coefficient (Wildman–Crippen LogP) is 9.18. The molecule has 4 aromatic rings. The molecule has 0 bridgehead atoms. The number of unbranched alkanes of at least 4 members (excludes halogenated alkanes) is 1. The number of hydrogen-bond acceptors (Lipinski definition) is 0. The first-order chi connectivity index (χ1) is 17.2. The van der Waals surface area contributed by atoms with Gasteiger partial charge >= 0.3 is 37.9 Å². The van der Waals surface area contributed by atoms with Gasteiger partial charge in [0, 0.05) is 9.52 Å². The molecule has 6 rings (SSSR count). The molecule has 1 radical (unpaired) electrons. The molecule has 0 fully saturated rings. The first kappa shape index (κ1) is 28.1. The van der Waals surface area contributed by atoms with Crippen LogP contribution >= 0.6 is 17.0 Å². The van der Waals surface area contributed by atoms with Crippen LogP contribution < -0.4 is 0 Å². The summed E-state index contributed by atoms with van der Waals surface area (Å²) in [7, 11) is 10.7. The molecule has 0 aromatic heterocycles. The monoisotopic (exact) mass is 591 g/mol. The van der Waals surface area contributed by atoms with Crippen molar-refractivity contribution >= 4 is 26.5 Å². The molecule has 0 nitrogen and oxygen atoms in total. The van der Waals surface area contributed by atoms with Crippen molar-refractivity contribution in [3.8, 4) is 22.3 Å². The molecule has 0 amide bonds. The summed E-state index contributed by atoms with van der Waals surface area (Å²) in [5, 5.41) is 0. The van der Waals surface area contributed by atoms with E-state index in [1.807, 2.05) is 12.1 Å². The Kier molecular flexibility index (Phi) is 12.6. The number of rotatable bonds is 3. The summed E-state index contributed by atoms with van der Waals surface area (Å²) in [5.41, 5.74) is 11.0. The van der Waals surface area contributed by atoms with Crippen molar-refractivity contribution in [2.24, 2.45) is 0 Å². The zero-order valence-corrected chi connectivity index (χ0v) is 25.6. The second-order valence-corrected chi connectivity index (χ2v) is 13.5. The molecule has 4 heteroatoms. The van der Waals surface area contributed by atoms with E-state index >= 15 is 0 Å². The fraction of sp³-hybridized carbons (Fsp3) is 0.226. The standard InChI is InChI=1S/2C13H9.C5H13Si.2ClH.Zr/c2*1-3-7-12-10(5-1)9-11-6-2-4-8-13(11)12;1-3-4-5-6-2;;;/h2*1-5,7-8H,9H2;6H,3-5H2,1-2H3;2*1H;/q2*-1;;;;+4/p-2. The molecule has 4 aromatic carbocycles. The summed E-state index contributed by atoms with van der Waals surface area (Å²) in [4.78, 5) is 0. The molecular weight excluding hydrogens is 563 g/mol. The van der Waals surface area contributed by atoms with Crippen molar-refractivity contribution in [1.29, 1.82) is 0 Å². The van der Waals surface area contributed by atoms with Crippen molar-refractivity contribution in [3.05, 3.63) is 119 Å². The van der Waals surface area contributed by atoms with E-state index < -0.39 is 20.8 Å². The van der Waals surface area contributed by atoms with Crippen molar-refractivity contribution in [2.75, 3.05) is 0 Å². The van der Waals surface area contributed by atoms with Crippen LogP contribution in [-0.2, 0) is 33.7 Å². The fourth-order valence-corrected chi connectivity index (χ4v) is 5.22. The van der Waals surface area contributed by atoms with Gasteiger partial charge in [0.15, 0.2) is 0 Å². The van der Waals surface area contributed by atoms with Gasteiger partial charge in [-0.1, -0.05) is 103 Å². The summed E-state index contributed by atoms with van der Waals surface area (Å²) >= 11 is -0.826. The molecule has 0 unspecified atom stereocenters. The van der Waals surface area contributed by atoms with Crippen LogP contribution in [0.4, 0.5) is 0 Å². The maximum absolute atomic E-state index is 4.93. The zero-order chi connectivity index (χ0) is 24.9. The van der Waals surface area contributed by atoms with Gasteiger partial charge in [0.05, 0.1) is 0 Å². The van der Waals surface area contributed by atoms with E-state index in [0.717, 1.165) is 22.4 Å². The molecule has 2 aliphatic carbocycles. The van der Waals surface area contributed by atoms with E-state index in [9.17, 15) is 0 Å². The number of halogens is 2. The van der Waals surface area contributed by atoms with Crippen LogP contribution in [0.1, 0.15) is 42.0 Å². The fourth-order valence-electron chi connectivity index (χ4n) is 4.40. The molecular formula is C31H31Cl2SiZr. The molecule has 35 heavy (non-hydrogen) atoms. The average Bonchev–Trinajstić information content (AvgIpc) is 3.47. The smallest absolute Gasteiger partial charge is 0.0253 e. The minimum Gasteiger partial charge on any atom is -0.179 e. The molecule has 0 atom stereocenters. The second kappa shape index (κ2) is 15.6. The quantitative estimate of drug-likeness (QED) is 0.109. The Morgan fingerprint density at radius 3 is 1.54 bits per heavy atom. The van der Waals surface area contributed by atoms with Gasteiger partial charge in [-0.3, -0.25) is 0 Å². The van der Waals surface area contributed by atoms with E-state index in [4.69, 9.17) is 17.0 Å². The Morgan fingerprint density at radius 2 is 1.14 bits per heavy atom. The average molecular weight is 594 g/mol. The number of fused-ring (bicyclic) bond motifs is 6. The third-order valence-corrected chi connectivity index (χ3v) is 7.07. The van der Waals surface area contributed by atoms with Gasteiger partial charge in [0.1, 0.15) is 0 Å². The molecule has 177 valence electrons. The summed E-state index contributed by atoms with van der Waals surface area (Å²) in [6, 6.07) is 37.7. The van der Waals surface area contributed by atoms with E-state index in [1.165, 1.54) is 63.4 Å². The normalized spacial score (nSPS) is 11.0. The van der Waals surface area contributed by atoms with Crippen LogP contribution in [0.3, 0.4) is 0 Å². The Labute approximate surface area is 232 Å². The molecule has 0 aliphatic heterocycles. The van der Waals surface area contributed by atoms with Crippen LogP contribution in [0, 0.1) is 12.1 Å². The van der Waals surface area contributed by atoms with Crippen LogP contribution in [0.2, 0.25) is 12.6 Å². The minimum absolute atomic E-state index is 0.784. The molecule has 2 aliphatic rings. The topological polar surface area (TPSA) is 0 Å². The van der Waals surface area contributed by atoms with Gasteiger partial charge in [0.2, 0.25) is 0 Å². The van der Waals surface area contributed by atoms with E-state index in [1.54, 1.807) is 0 Å². The predicted molar refractivity (Wildman–Crippen MR) is 151 cm³/mol. The third kappa shape index (κ3) is 8.02. The van der Waals surface area contributed by atoms with Crippen molar-refractivity contribution in [1.82, 2.24) is 0 Å². The third-order valence-electron chi connectivity index (χ3n) is 6.08. The maximum atomic E-state index is 4.93. The second-order valence-electron chi connectivity index (χ2n) is 8.41. The Balaban J connectivity index is 0.000000148. The molecule has 0 saturated carbocycles. The molecule has 0 N–H and O–H groups in total. The summed E-state index contributed by atoms with van der Waals surface area (Å²) < 4.78 is 0. The van der Waals surface area contributed by atoms with Gasteiger partial charge in [-0.2, -0.15) is 59.7 Å². The van der Waals surface area contributed by atoms with Gasteiger partial charge in [-0.05, 0) is 12.8 Å². The van der Waals surface area contributed by atoms with Crippen molar-refractivity contribution in [2.45, 2.75) is 45.2 Å². The van der Waals surface area contributed by atoms with Gasteiger partial charge < -0.3 is 0 Å². The Morgan fingerprint density at radius 1 is 0.714 bits per heavy atom. The van der Waals surface area contributed by atoms with Crippen molar-refractivity contribution < 1.29 is 20.8 Å². The van der Waals surface area contributed by atoms with Crippen molar-refractivity contribution in [3.63, 3.8) is 0 Å². The van der Waals surface area contributed by atoms with Crippen LogP contribution in [0.5, 0.6) is 0 Å².